The van der Waals surface area contributed by atoms with Crippen LogP contribution in [0, 0.1) is 12.3 Å². The lowest BCUT2D eigenvalue weighted by Gasteiger charge is -2.15. The number of rotatable bonds is 7. The van der Waals surface area contributed by atoms with Gasteiger partial charge in [-0.15, -0.1) is 6.42 Å². The zero-order chi connectivity index (χ0) is 17.9. The van der Waals surface area contributed by atoms with Crippen LogP contribution in [0.4, 0.5) is 0 Å². The Bertz CT molecular complexity index is 880. The Labute approximate surface area is 140 Å². The summed E-state index contributed by atoms with van der Waals surface area (Å²) >= 11 is 0. The molecule has 0 bridgehead atoms. The molecule has 1 unspecified atom stereocenters. The number of fused-ring (bicyclic) bond motifs is 1. The first-order valence-electron chi connectivity index (χ1n) is 8.17. The second-order valence-corrected chi connectivity index (χ2v) is 6.28. The molecule has 2 rings (SSSR count). The molecule has 130 valence electrons. The minimum Gasteiger partial charge on any atom is -0.378 e. The van der Waals surface area contributed by atoms with Gasteiger partial charge in [-0.2, -0.15) is 0 Å². The smallest absolute Gasteiger partial charge is 0.332 e. The highest BCUT2D eigenvalue weighted by atomic mass is 16.3. The van der Waals surface area contributed by atoms with Crippen LogP contribution in [0.2, 0.25) is 0 Å². The molecule has 1 N–H and O–H groups in total. The molecule has 0 aliphatic rings. The normalized spacial score (nSPS) is 13.8. The van der Waals surface area contributed by atoms with Gasteiger partial charge in [0.1, 0.15) is 5.60 Å². The van der Waals surface area contributed by atoms with Gasteiger partial charge in [-0.05, 0) is 32.6 Å². The summed E-state index contributed by atoms with van der Waals surface area (Å²) in [6.45, 7) is 4.50. The van der Waals surface area contributed by atoms with E-state index in [9.17, 15) is 14.7 Å². The number of aliphatic hydroxyl groups is 1. The molecule has 0 saturated heterocycles. The van der Waals surface area contributed by atoms with Crippen LogP contribution in [0.15, 0.2) is 15.9 Å². The van der Waals surface area contributed by atoms with E-state index < -0.39 is 5.60 Å². The van der Waals surface area contributed by atoms with Crippen molar-refractivity contribution in [3.8, 4) is 12.3 Å². The number of hydrogen-bond donors (Lipinski definition) is 1. The highest BCUT2D eigenvalue weighted by Crippen LogP contribution is 2.14. The Balaban J connectivity index is 2.28. The first-order valence-corrected chi connectivity index (χ1v) is 8.17. The van der Waals surface area contributed by atoms with Crippen LogP contribution in [0.1, 0.15) is 39.5 Å². The van der Waals surface area contributed by atoms with Crippen LogP contribution >= 0.6 is 0 Å². The number of hydrogen-bond acceptors (Lipinski definition) is 4. The molecule has 0 radical (unpaired) electrons. The lowest BCUT2D eigenvalue weighted by molar-refractivity contribution is 0.109. The summed E-state index contributed by atoms with van der Waals surface area (Å²) in [5.41, 5.74) is -0.913. The first kappa shape index (κ1) is 18.0. The summed E-state index contributed by atoms with van der Waals surface area (Å²) in [7, 11) is 1.62. The fraction of sp³-hybridized carbons (Fsp3) is 0.588. The SMILES string of the molecule is C#CC(C)(O)CCCCn1cnc2c1c(=O)n(CCC)c(=O)n2C. The molecule has 0 amide bonds. The van der Waals surface area contributed by atoms with Crippen molar-refractivity contribution in [2.75, 3.05) is 0 Å². The molecule has 1 atom stereocenters. The minimum absolute atomic E-state index is 0.303. The van der Waals surface area contributed by atoms with Gasteiger partial charge in [-0.1, -0.05) is 12.8 Å². The molecule has 2 aromatic rings. The molecule has 24 heavy (non-hydrogen) atoms. The monoisotopic (exact) mass is 332 g/mol. The van der Waals surface area contributed by atoms with Crippen molar-refractivity contribution >= 4 is 11.2 Å². The number of unbranched alkanes of at least 4 members (excludes halogenated alkanes) is 1. The number of imidazole rings is 1. The van der Waals surface area contributed by atoms with Gasteiger partial charge in [0.25, 0.3) is 5.56 Å². The van der Waals surface area contributed by atoms with Gasteiger partial charge in [-0.3, -0.25) is 13.9 Å². The zero-order valence-corrected chi connectivity index (χ0v) is 14.4. The third-order valence-corrected chi connectivity index (χ3v) is 4.17. The summed E-state index contributed by atoms with van der Waals surface area (Å²) in [5.74, 6) is 2.35. The van der Waals surface area contributed by atoms with Gasteiger partial charge >= 0.3 is 5.69 Å². The molecule has 0 aromatic carbocycles. The fourth-order valence-corrected chi connectivity index (χ4v) is 2.74. The second-order valence-electron chi connectivity index (χ2n) is 6.28. The summed E-state index contributed by atoms with van der Waals surface area (Å²) < 4.78 is 4.43. The number of aromatic nitrogens is 4. The van der Waals surface area contributed by atoms with Crippen LogP contribution in [0.25, 0.3) is 11.2 Å². The van der Waals surface area contributed by atoms with Crippen molar-refractivity contribution in [2.24, 2.45) is 7.05 Å². The third-order valence-electron chi connectivity index (χ3n) is 4.17. The molecule has 7 heteroatoms. The van der Waals surface area contributed by atoms with Crippen molar-refractivity contribution < 1.29 is 5.11 Å². The van der Waals surface area contributed by atoms with Crippen LogP contribution in [0.3, 0.4) is 0 Å². The Hall–Kier alpha value is -2.33. The largest absolute Gasteiger partial charge is 0.378 e. The molecule has 7 nitrogen and oxygen atoms in total. The van der Waals surface area contributed by atoms with E-state index in [-0.39, 0.29) is 11.2 Å². The Morgan fingerprint density at radius 1 is 1.33 bits per heavy atom. The molecular formula is C17H24N4O3. The molecule has 0 aliphatic heterocycles. The van der Waals surface area contributed by atoms with Gasteiger partial charge < -0.3 is 9.67 Å². The zero-order valence-electron chi connectivity index (χ0n) is 14.4. The van der Waals surface area contributed by atoms with Crippen LogP contribution in [-0.2, 0) is 20.1 Å². The maximum absolute atomic E-state index is 12.6. The summed E-state index contributed by atoms with van der Waals surface area (Å²) in [4.78, 5) is 29.1. The van der Waals surface area contributed by atoms with E-state index in [4.69, 9.17) is 6.42 Å². The van der Waals surface area contributed by atoms with E-state index in [1.54, 1.807) is 24.9 Å². The van der Waals surface area contributed by atoms with Gasteiger partial charge in [-0.25, -0.2) is 9.78 Å². The molecule has 0 fully saturated rings. The summed E-state index contributed by atoms with van der Waals surface area (Å²) in [6.07, 6.45) is 9.52. The Kier molecular flexibility index (Phi) is 5.30. The van der Waals surface area contributed by atoms with Crippen molar-refractivity contribution in [2.45, 2.75) is 58.2 Å². The number of aryl methyl sites for hydroxylation is 2. The highest BCUT2D eigenvalue weighted by Gasteiger charge is 2.17. The average Bonchev–Trinajstić information content (AvgIpc) is 2.98. The lowest BCUT2D eigenvalue weighted by Crippen LogP contribution is -2.39. The van der Waals surface area contributed by atoms with E-state index >= 15 is 0 Å². The lowest BCUT2D eigenvalue weighted by atomic mass is 10.0. The van der Waals surface area contributed by atoms with Crippen LogP contribution < -0.4 is 11.2 Å². The summed E-state index contributed by atoms with van der Waals surface area (Å²) in [6, 6.07) is 0. The Morgan fingerprint density at radius 3 is 2.67 bits per heavy atom. The first-order chi connectivity index (χ1) is 11.3. The van der Waals surface area contributed by atoms with Gasteiger partial charge in [0.2, 0.25) is 0 Å². The number of terminal acetylenes is 1. The van der Waals surface area contributed by atoms with Crippen LogP contribution in [-0.4, -0.2) is 29.4 Å². The minimum atomic E-state index is -1.10. The maximum atomic E-state index is 12.6. The van der Waals surface area contributed by atoms with Crippen molar-refractivity contribution in [3.63, 3.8) is 0 Å². The molecule has 0 saturated carbocycles. The van der Waals surface area contributed by atoms with E-state index in [0.29, 0.717) is 37.1 Å². The van der Waals surface area contributed by atoms with E-state index in [1.807, 2.05) is 6.92 Å². The van der Waals surface area contributed by atoms with Crippen molar-refractivity contribution in [1.29, 1.82) is 0 Å². The van der Waals surface area contributed by atoms with E-state index in [2.05, 4.69) is 10.9 Å². The molecule has 2 aromatic heterocycles. The topological polar surface area (TPSA) is 82.1 Å². The van der Waals surface area contributed by atoms with Gasteiger partial charge in [0.15, 0.2) is 11.2 Å². The number of nitrogens with zero attached hydrogens (tertiary/aromatic N) is 4. The maximum Gasteiger partial charge on any atom is 0.332 e. The van der Waals surface area contributed by atoms with Crippen molar-refractivity contribution in [1.82, 2.24) is 18.7 Å². The average molecular weight is 332 g/mol. The second kappa shape index (κ2) is 7.05. The summed E-state index contributed by atoms with van der Waals surface area (Å²) in [5, 5.41) is 9.81. The van der Waals surface area contributed by atoms with Crippen molar-refractivity contribution in [3.05, 3.63) is 27.2 Å². The predicted molar refractivity (Wildman–Crippen MR) is 92.8 cm³/mol. The van der Waals surface area contributed by atoms with Crippen LogP contribution in [0.5, 0.6) is 0 Å². The van der Waals surface area contributed by atoms with Gasteiger partial charge in [0, 0.05) is 20.1 Å². The third kappa shape index (κ3) is 3.44. The Morgan fingerprint density at radius 2 is 2.04 bits per heavy atom. The fourth-order valence-electron chi connectivity index (χ4n) is 2.74. The predicted octanol–water partition coefficient (Wildman–Crippen LogP) is 0.861. The molecule has 0 spiro atoms. The van der Waals surface area contributed by atoms with E-state index in [0.717, 1.165) is 12.8 Å². The molecular weight excluding hydrogens is 308 g/mol. The molecule has 2 heterocycles. The standard InChI is InChI=1S/C17H24N4O3/c1-5-10-21-15(22)13-14(19(4)16(21)23)18-12-20(13)11-8-7-9-17(3,24)6-2/h2,12,24H,5,7-11H2,1,3-4H3. The van der Waals surface area contributed by atoms with Gasteiger partial charge in [0.05, 0.1) is 6.33 Å². The molecule has 0 aliphatic carbocycles. The quantitative estimate of drug-likeness (QED) is 0.602. The highest BCUT2D eigenvalue weighted by molar-refractivity contribution is 5.69. The van der Waals surface area contributed by atoms with E-state index in [1.165, 1.54) is 9.13 Å².